The molecule has 0 aliphatic carbocycles. The minimum Gasteiger partial charge on any atom is -0.481 e. The number of hydrogen-bond acceptors (Lipinski definition) is 4. The van der Waals surface area contributed by atoms with Gasteiger partial charge in [0.05, 0.1) is 19.0 Å². The van der Waals surface area contributed by atoms with Crippen LogP contribution in [0.25, 0.3) is 0 Å². The van der Waals surface area contributed by atoms with Crippen molar-refractivity contribution in [2.24, 2.45) is 0 Å². The van der Waals surface area contributed by atoms with Gasteiger partial charge in [0.1, 0.15) is 0 Å². The highest BCUT2D eigenvalue weighted by molar-refractivity contribution is 7.98. The molecular weight excluding hydrogens is 184 g/mol. The first-order valence-electron chi connectivity index (χ1n) is 4.09. The van der Waals surface area contributed by atoms with Gasteiger partial charge in [-0.3, -0.25) is 0 Å². The van der Waals surface area contributed by atoms with E-state index in [4.69, 9.17) is 4.74 Å². The topological polar surface area (TPSA) is 34.1 Å². The zero-order chi connectivity index (χ0) is 9.52. The SMILES string of the molecule is COc1ccc(NCCSC)cn1. The highest BCUT2D eigenvalue weighted by atomic mass is 32.2. The van der Waals surface area contributed by atoms with Gasteiger partial charge < -0.3 is 10.1 Å². The average molecular weight is 198 g/mol. The van der Waals surface area contributed by atoms with Crippen molar-refractivity contribution in [3.63, 3.8) is 0 Å². The van der Waals surface area contributed by atoms with Crippen LogP contribution in [-0.4, -0.2) is 30.6 Å². The third-order valence-corrected chi connectivity index (χ3v) is 2.19. The predicted molar refractivity (Wildman–Crippen MR) is 57.7 cm³/mol. The maximum atomic E-state index is 4.95. The summed E-state index contributed by atoms with van der Waals surface area (Å²) in [5, 5.41) is 3.26. The van der Waals surface area contributed by atoms with Crippen LogP contribution in [0, 0.1) is 0 Å². The molecule has 1 rings (SSSR count). The smallest absolute Gasteiger partial charge is 0.213 e. The number of pyridine rings is 1. The molecule has 0 aliphatic heterocycles. The molecule has 3 nitrogen and oxygen atoms in total. The lowest BCUT2D eigenvalue weighted by Crippen LogP contribution is -2.03. The summed E-state index contributed by atoms with van der Waals surface area (Å²) in [7, 11) is 1.61. The number of methoxy groups -OCH3 is 1. The van der Waals surface area contributed by atoms with Gasteiger partial charge in [0, 0.05) is 18.4 Å². The van der Waals surface area contributed by atoms with E-state index in [1.165, 1.54) is 0 Å². The fourth-order valence-corrected chi connectivity index (χ4v) is 1.21. The number of aromatic nitrogens is 1. The predicted octanol–water partition coefficient (Wildman–Crippen LogP) is 1.87. The van der Waals surface area contributed by atoms with Crippen LogP contribution < -0.4 is 10.1 Å². The van der Waals surface area contributed by atoms with Gasteiger partial charge in [-0.1, -0.05) is 0 Å². The van der Waals surface area contributed by atoms with Gasteiger partial charge >= 0.3 is 0 Å². The van der Waals surface area contributed by atoms with Crippen LogP contribution in [0.15, 0.2) is 18.3 Å². The summed E-state index contributed by atoms with van der Waals surface area (Å²) in [5.74, 6) is 1.75. The van der Waals surface area contributed by atoms with Gasteiger partial charge in [-0.05, 0) is 12.3 Å². The molecule has 0 bridgehead atoms. The highest BCUT2D eigenvalue weighted by Crippen LogP contribution is 2.10. The Hall–Kier alpha value is -0.900. The molecule has 0 aromatic carbocycles. The van der Waals surface area contributed by atoms with Crippen molar-refractivity contribution in [1.29, 1.82) is 0 Å². The molecule has 0 amide bonds. The fraction of sp³-hybridized carbons (Fsp3) is 0.444. The lowest BCUT2D eigenvalue weighted by Gasteiger charge is -2.04. The van der Waals surface area contributed by atoms with Crippen LogP contribution in [0.1, 0.15) is 0 Å². The van der Waals surface area contributed by atoms with Crippen LogP contribution >= 0.6 is 11.8 Å². The number of nitrogens with one attached hydrogen (secondary N) is 1. The van der Waals surface area contributed by atoms with Crippen molar-refractivity contribution >= 4 is 17.4 Å². The van der Waals surface area contributed by atoms with Gasteiger partial charge in [-0.25, -0.2) is 4.98 Å². The summed E-state index contributed by atoms with van der Waals surface area (Å²) in [6, 6.07) is 3.81. The first-order valence-corrected chi connectivity index (χ1v) is 5.49. The van der Waals surface area contributed by atoms with Gasteiger partial charge in [0.15, 0.2) is 0 Å². The summed E-state index contributed by atoms with van der Waals surface area (Å²) < 4.78 is 4.95. The molecule has 0 fully saturated rings. The first kappa shape index (κ1) is 10.2. The maximum Gasteiger partial charge on any atom is 0.213 e. The van der Waals surface area contributed by atoms with E-state index in [9.17, 15) is 0 Å². The fourth-order valence-electron chi connectivity index (χ4n) is 0.903. The van der Waals surface area contributed by atoms with Gasteiger partial charge in [0.2, 0.25) is 5.88 Å². The highest BCUT2D eigenvalue weighted by Gasteiger charge is 1.93. The van der Waals surface area contributed by atoms with Crippen molar-refractivity contribution < 1.29 is 4.74 Å². The standard InChI is InChI=1S/C9H14N2OS/c1-12-9-4-3-8(7-11-9)10-5-6-13-2/h3-4,7,10H,5-6H2,1-2H3. The Kier molecular flexibility index (Phi) is 4.46. The third kappa shape index (κ3) is 3.55. The van der Waals surface area contributed by atoms with Crippen LogP contribution in [0.2, 0.25) is 0 Å². The molecule has 0 atom stereocenters. The Morgan fingerprint density at radius 3 is 2.92 bits per heavy atom. The van der Waals surface area contributed by atoms with E-state index in [0.29, 0.717) is 5.88 Å². The molecule has 1 heterocycles. The van der Waals surface area contributed by atoms with Crippen LogP contribution in [0.5, 0.6) is 5.88 Å². The average Bonchev–Trinajstić information content (AvgIpc) is 2.19. The molecule has 0 radical (unpaired) electrons. The van der Waals surface area contributed by atoms with Crippen molar-refractivity contribution in [1.82, 2.24) is 4.98 Å². The Labute approximate surface area is 82.9 Å². The Bertz CT molecular complexity index is 238. The summed E-state index contributed by atoms with van der Waals surface area (Å²) in [5.41, 5.74) is 1.04. The van der Waals surface area contributed by atoms with Crippen LogP contribution in [0.3, 0.4) is 0 Å². The molecule has 0 saturated carbocycles. The number of hydrogen-bond donors (Lipinski definition) is 1. The van der Waals surface area contributed by atoms with E-state index < -0.39 is 0 Å². The van der Waals surface area contributed by atoms with Crippen LogP contribution in [0.4, 0.5) is 5.69 Å². The quantitative estimate of drug-likeness (QED) is 0.732. The molecule has 13 heavy (non-hydrogen) atoms. The summed E-state index contributed by atoms with van der Waals surface area (Å²) in [4.78, 5) is 4.08. The van der Waals surface area contributed by atoms with E-state index in [0.717, 1.165) is 18.0 Å². The number of rotatable bonds is 5. The van der Waals surface area contributed by atoms with Crippen molar-refractivity contribution in [2.45, 2.75) is 0 Å². The molecule has 1 aromatic rings. The monoisotopic (exact) mass is 198 g/mol. The van der Waals surface area contributed by atoms with Crippen molar-refractivity contribution in [2.75, 3.05) is 31.0 Å². The second kappa shape index (κ2) is 5.70. The second-order valence-corrected chi connectivity index (χ2v) is 3.49. The molecular formula is C9H14N2OS. The molecule has 0 aliphatic rings. The first-order chi connectivity index (χ1) is 6.36. The molecule has 1 aromatic heterocycles. The van der Waals surface area contributed by atoms with Crippen LogP contribution in [-0.2, 0) is 0 Å². The number of thioether (sulfide) groups is 1. The Balaban J connectivity index is 2.40. The van der Waals surface area contributed by atoms with Gasteiger partial charge in [0.25, 0.3) is 0 Å². The van der Waals surface area contributed by atoms with E-state index in [1.54, 1.807) is 13.3 Å². The number of nitrogens with zero attached hydrogens (tertiary/aromatic N) is 1. The van der Waals surface area contributed by atoms with Crippen molar-refractivity contribution in [3.05, 3.63) is 18.3 Å². The lowest BCUT2D eigenvalue weighted by atomic mass is 10.4. The van der Waals surface area contributed by atoms with E-state index in [2.05, 4.69) is 16.6 Å². The van der Waals surface area contributed by atoms with Gasteiger partial charge in [-0.15, -0.1) is 0 Å². The number of anilines is 1. The summed E-state index contributed by atoms with van der Waals surface area (Å²) >= 11 is 1.82. The zero-order valence-electron chi connectivity index (χ0n) is 7.91. The molecule has 72 valence electrons. The normalized spacial score (nSPS) is 9.69. The largest absolute Gasteiger partial charge is 0.481 e. The molecule has 4 heteroatoms. The van der Waals surface area contributed by atoms with E-state index >= 15 is 0 Å². The summed E-state index contributed by atoms with van der Waals surface area (Å²) in [6.07, 6.45) is 3.87. The maximum absolute atomic E-state index is 4.95. The van der Waals surface area contributed by atoms with Crippen molar-refractivity contribution in [3.8, 4) is 5.88 Å². The van der Waals surface area contributed by atoms with E-state index in [1.807, 2.05) is 23.9 Å². The number of ether oxygens (including phenoxy) is 1. The Morgan fingerprint density at radius 2 is 2.38 bits per heavy atom. The lowest BCUT2D eigenvalue weighted by molar-refractivity contribution is 0.398. The Morgan fingerprint density at radius 1 is 1.54 bits per heavy atom. The van der Waals surface area contributed by atoms with Gasteiger partial charge in [-0.2, -0.15) is 11.8 Å². The minimum atomic E-state index is 0.649. The molecule has 1 N–H and O–H groups in total. The second-order valence-electron chi connectivity index (χ2n) is 2.51. The minimum absolute atomic E-state index is 0.649. The summed E-state index contributed by atoms with van der Waals surface area (Å²) in [6.45, 7) is 0.967. The third-order valence-electron chi connectivity index (χ3n) is 1.58. The van der Waals surface area contributed by atoms with E-state index in [-0.39, 0.29) is 0 Å². The molecule has 0 saturated heterocycles. The molecule has 0 spiro atoms. The molecule has 0 unspecified atom stereocenters. The zero-order valence-corrected chi connectivity index (χ0v) is 8.73.